The number of hydrogen-bond acceptors (Lipinski definition) is 11. The number of fused-ring (bicyclic) bond motifs is 3. The normalized spacial score (nSPS) is 27.5. The minimum absolute atomic E-state index is 0.0310. The van der Waals surface area contributed by atoms with E-state index in [1.165, 1.54) is 23.1 Å². The van der Waals surface area contributed by atoms with E-state index < -0.39 is 73.9 Å². The zero-order chi connectivity index (χ0) is 38.6. The molecule has 2 aliphatic heterocycles. The number of carbonyl (C=O) groups excluding carboxylic acids is 4. The highest BCUT2D eigenvalue weighted by molar-refractivity contribution is 7.91. The predicted molar refractivity (Wildman–Crippen MR) is 192 cm³/mol. The van der Waals surface area contributed by atoms with Crippen molar-refractivity contribution in [3.05, 3.63) is 58.9 Å². The molecule has 3 N–H and O–H groups in total. The second kappa shape index (κ2) is 14.0. The number of nitrogens with zero attached hydrogens (tertiary/aromatic N) is 4. The Labute approximate surface area is 311 Å². The lowest BCUT2D eigenvalue weighted by Crippen LogP contribution is -2.58. The van der Waals surface area contributed by atoms with Crippen LogP contribution >= 0.6 is 0 Å². The molecule has 15 nitrogen and oxygen atoms in total. The van der Waals surface area contributed by atoms with Gasteiger partial charge in [0, 0.05) is 24.0 Å². The summed E-state index contributed by atoms with van der Waals surface area (Å²) in [5.41, 5.74) is 0.145. The molecule has 0 radical (unpaired) electrons. The van der Waals surface area contributed by atoms with Crippen molar-refractivity contribution >= 4 is 44.7 Å². The number of amides is 4. The van der Waals surface area contributed by atoms with Gasteiger partial charge in [-0.25, -0.2) is 22.8 Å². The summed E-state index contributed by atoms with van der Waals surface area (Å²) in [6.07, 6.45) is 6.95. The Kier molecular flexibility index (Phi) is 9.73. The SMILES string of the molecule is Cc1nc2ccc(F)cc2nc1O[C@@H]1C[C@H]2C(=O)N[C@]3(C(=O)NS(=O)(=O)C4(C)CC4)CC3/C=C\CCCCC[C@H](NC(=O)c3noc(C)c3C)C(=O)N2C1. The van der Waals surface area contributed by atoms with Crippen LogP contribution in [0.2, 0.25) is 0 Å². The molecule has 1 saturated heterocycles. The third-order valence-electron chi connectivity index (χ3n) is 11.2. The maximum absolute atomic E-state index is 14.5. The summed E-state index contributed by atoms with van der Waals surface area (Å²) in [7, 11) is -4.01. The van der Waals surface area contributed by atoms with Crippen molar-refractivity contribution in [3.8, 4) is 5.88 Å². The molecule has 1 unspecified atom stereocenters. The summed E-state index contributed by atoms with van der Waals surface area (Å²) in [6.45, 7) is 6.52. The van der Waals surface area contributed by atoms with Crippen LogP contribution in [0.4, 0.5) is 4.39 Å². The summed E-state index contributed by atoms with van der Waals surface area (Å²) in [5.74, 6) is -3.07. The molecule has 4 amide bonds. The Morgan fingerprint density at radius 1 is 1.09 bits per heavy atom. The standard InChI is InChI=1S/C37H44FN7O8S/c1-20-22(3)53-43-30(20)32(47)40-27-11-9-7-5-6-8-10-23-18-37(23,35(49)44-54(50,51)36(4)14-15-36)42-31(46)29-17-25(19-45(29)34(27)48)52-33-21(2)39-26-13-12-24(38)16-28(26)41-33/h8,10,12-13,16,23,25,27,29H,5-7,9,11,14-15,17-19H2,1-4H3,(H,40,47)(H,42,46)(H,44,49)/b10-8-/t23?,25-,27+,29+,37-/m1/s1. The Morgan fingerprint density at radius 2 is 1.87 bits per heavy atom. The second-order valence-corrected chi connectivity index (χ2v) is 17.4. The molecule has 2 saturated carbocycles. The van der Waals surface area contributed by atoms with E-state index in [4.69, 9.17) is 9.26 Å². The average Bonchev–Trinajstić information content (AvgIpc) is 3.95. The van der Waals surface area contributed by atoms with Crippen molar-refractivity contribution in [2.45, 2.75) is 114 Å². The van der Waals surface area contributed by atoms with Gasteiger partial charge in [0.15, 0.2) is 5.69 Å². The summed E-state index contributed by atoms with van der Waals surface area (Å²) in [6, 6.07) is 1.77. The third kappa shape index (κ3) is 7.17. The maximum atomic E-state index is 14.5. The molecule has 3 fully saturated rings. The smallest absolute Gasteiger partial charge is 0.274 e. The van der Waals surface area contributed by atoms with Crippen LogP contribution in [-0.2, 0) is 24.4 Å². The summed E-state index contributed by atoms with van der Waals surface area (Å²) < 4.78 is 52.9. The molecule has 1 aromatic carbocycles. The lowest BCUT2D eigenvalue weighted by atomic mass is 10.0. The predicted octanol–water partition coefficient (Wildman–Crippen LogP) is 3.22. The van der Waals surface area contributed by atoms with Crippen LogP contribution in [0.3, 0.4) is 0 Å². The van der Waals surface area contributed by atoms with Crippen molar-refractivity contribution in [2.24, 2.45) is 5.92 Å². The highest BCUT2D eigenvalue weighted by Crippen LogP contribution is 2.47. The van der Waals surface area contributed by atoms with Gasteiger partial charge in [-0.2, -0.15) is 0 Å². The number of carbonyl (C=O) groups is 4. The van der Waals surface area contributed by atoms with E-state index in [1.807, 2.05) is 12.2 Å². The molecule has 17 heteroatoms. The molecule has 2 aromatic heterocycles. The van der Waals surface area contributed by atoms with Gasteiger partial charge in [0.25, 0.3) is 11.8 Å². The number of allylic oxidation sites excluding steroid dienone is 1. The van der Waals surface area contributed by atoms with Gasteiger partial charge < -0.3 is 24.8 Å². The van der Waals surface area contributed by atoms with Crippen molar-refractivity contribution in [1.82, 2.24) is 35.4 Å². The van der Waals surface area contributed by atoms with Gasteiger partial charge in [0.05, 0.1) is 22.3 Å². The first-order valence-electron chi connectivity index (χ1n) is 18.3. The van der Waals surface area contributed by atoms with Gasteiger partial charge in [-0.05, 0) is 78.4 Å². The van der Waals surface area contributed by atoms with Crippen LogP contribution in [0.15, 0.2) is 34.9 Å². The zero-order valence-corrected chi connectivity index (χ0v) is 31.4. The van der Waals surface area contributed by atoms with Crippen LogP contribution < -0.4 is 20.1 Å². The van der Waals surface area contributed by atoms with E-state index >= 15 is 0 Å². The highest BCUT2D eigenvalue weighted by Gasteiger charge is 2.63. The number of rotatable bonds is 7. The van der Waals surface area contributed by atoms with E-state index in [1.54, 1.807) is 27.7 Å². The van der Waals surface area contributed by atoms with Crippen LogP contribution in [0.25, 0.3) is 11.0 Å². The van der Waals surface area contributed by atoms with Crippen molar-refractivity contribution in [2.75, 3.05) is 6.54 Å². The molecular weight excluding hydrogens is 722 g/mol. The molecule has 4 heterocycles. The minimum atomic E-state index is -4.01. The van der Waals surface area contributed by atoms with E-state index in [2.05, 4.69) is 30.5 Å². The number of aryl methyl sites for hydroxylation is 2. The molecule has 5 atom stereocenters. The molecule has 288 valence electrons. The molecule has 3 aromatic rings. The minimum Gasteiger partial charge on any atom is -0.471 e. The first kappa shape index (κ1) is 37.4. The van der Waals surface area contributed by atoms with Crippen molar-refractivity contribution < 1.29 is 41.2 Å². The largest absolute Gasteiger partial charge is 0.471 e. The fraction of sp³-hybridized carbons (Fsp3) is 0.541. The fourth-order valence-corrected chi connectivity index (χ4v) is 8.48. The van der Waals surface area contributed by atoms with E-state index in [0.717, 1.165) is 12.8 Å². The number of sulfonamides is 1. The van der Waals surface area contributed by atoms with Crippen LogP contribution in [0.5, 0.6) is 5.88 Å². The highest BCUT2D eigenvalue weighted by atomic mass is 32.2. The first-order chi connectivity index (χ1) is 25.6. The van der Waals surface area contributed by atoms with Gasteiger partial charge >= 0.3 is 0 Å². The molecule has 0 spiro atoms. The topological polar surface area (TPSA) is 203 Å². The summed E-state index contributed by atoms with van der Waals surface area (Å²) in [5, 5.41) is 9.54. The Hall–Kier alpha value is -4.93. The lowest BCUT2D eigenvalue weighted by Gasteiger charge is -2.30. The number of nitrogens with one attached hydrogen (secondary N) is 3. The second-order valence-electron chi connectivity index (χ2n) is 15.2. The Balaban J connectivity index is 1.20. The zero-order valence-electron chi connectivity index (χ0n) is 30.6. The molecule has 4 aliphatic rings. The third-order valence-corrected chi connectivity index (χ3v) is 13.3. The molecule has 54 heavy (non-hydrogen) atoms. The van der Waals surface area contributed by atoms with Gasteiger partial charge in [0.1, 0.15) is 41.0 Å². The number of aromatic nitrogens is 3. The van der Waals surface area contributed by atoms with Crippen molar-refractivity contribution in [1.29, 1.82) is 0 Å². The molecule has 7 rings (SSSR count). The van der Waals surface area contributed by atoms with Crippen molar-refractivity contribution in [3.63, 3.8) is 0 Å². The number of benzene rings is 1. The van der Waals surface area contributed by atoms with E-state index in [0.29, 0.717) is 48.2 Å². The van der Waals surface area contributed by atoms with Gasteiger partial charge in [-0.15, -0.1) is 0 Å². The lowest BCUT2D eigenvalue weighted by molar-refractivity contribution is -0.141. The fourth-order valence-electron chi connectivity index (χ4n) is 7.17. The Morgan fingerprint density at radius 3 is 2.59 bits per heavy atom. The molecule has 0 bridgehead atoms. The quantitative estimate of drug-likeness (QED) is 0.298. The summed E-state index contributed by atoms with van der Waals surface area (Å²) in [4.78, 5) is 66.5. The number of hydrogen-bond donors (Lipinski definition) is 3. The average molecular weight is 766 g/mol. The van der Waals surface area contributed by atoms with Gasteiger partial charge in [-0.1, -0.05) is 30.2 Å². The maximum Gasteiger partial charge on any atom is 0.274 e. The Bertz CT molecular complexity index is 2170. The summed E-state index contributed by atoms with van der Waals surface area (Å²) >= 11 is 0. The van der Waals surface area contributed by atoms with E-state index in [9.17, 15) is 32.0 Å². The molecular formula is C37H44FN7O8S. The van der Waals surface area contributed by atoms with Gasteiger partial charge in [0.2, 0.25) is 27.7 Å². The molecule has 2 aliphatic carbocycles. The van der Waals surface area contributed by atoms with Crippen LogP contribution in [-0.4, -0.2) is 87.1 Å². The first-order valence-corrected chi connectivity index (χ1v) is 19.8. The monoisotopic (exact) mass is 765 g/mol. The van der Waals surface area contributed by atoms with E-state index in [-0.39, 0.29) is 42.9 Å². The van der Waals surface area contributed by atoms with Crippen LogP contribution in [0.1, 0.15) is 92.2 Å². The number of halogens is 1. The number of ether oxygens (including phenoxy) is 1. The van der Waals surface area contributed by atoms with Crippen LogP contribution in [0, 0.1) is 32.5 Å². The van der Waals surface area contributed by atoms with Gasteiger partial charge in [-0.3, -0.25) is 23.9 Å².